The fourth-order valence-electron chi connectivity index (χ4n) is 2.85. The summed E-state index contributed by atoms with van der Waals surface area (Å²) in [5, 5.41) is 0.510. The zero-order valence-electron chi connectivity index (χ0n) is 13.2. The molecule has 1 aromatic heterocycles. The van der Waals surface area contributed by atoms with Crippen LogP contribution in [0.4, 0.5) is 4.39 Å². The van der Waals surface area contributed by atoms with Gasteiger partial charge in [-0.15, -0.1) is 0 Å². The van der Waals surface area contributed by atoms with Gasteiger partial charge in [-0.2, -0.15) is 0 Å². The van der Waals surface area contributed by atoms with Crippen molar-refractivity contribution in [3.8, 4) is 5.88 Å². The minimum atomic E-state index is -1.47. The van der Waals surface area contributed by atoms with Gasteiger partial charge in [0.1, 0.15) is 17.7 Å². The van der Waals surface area contributed by atoms with Gasteiger partial charge in [-0.05, 0) is 17.7 Å². The first kappa shape index (κ1) is 16.6. The summed E-state index contributed by atoms with van der Waals surface area (Å²) in [6, 6.07) is 8.32. The van der Waals surface area contributed by atoms with Gasteiger partial charge in [0.25, 0.3) is 5.91 Å². The van der Waals surface area contributed by atoms with E-state index >= 15 is 4.39 Å². The Morgan fingerprint density at radius 3 is 2.71 bits per heavy atom. The summed E-state index contributed by atoms with van der Waals surface area (Å²) in [5.74, 6) is 0.0768. The Bertz CT molecular complexity index is 748. The van der Waals surface area contributed by atoms with Gasteiger partial charge in [0.2, 0.25) is 5.88 Å². The molecule has 7 heteroatoms. The number of hydrogen-bond donors (Lipinski definition) is 0. The molecule has 5 nitrogen and oxygen atoms in total. The van der Waals surface area contributed by atoms with E-state index in [1.165, 1.54) is 19.5 Å². The lowest BCUT2D eigenvalue weighted by molar-refractivity contribution is 0.0416. The maximum absolute atomic E-state index is 15.2. The van der Waals surface area contributed by atoms with Crippen LogP contribution in [-0.2, 0) is 5.67 Å². The normalized spacial score (nSPS) is 16.7. The number of piperidine rings is 1. The summed E-state index contributed by atoms with van der Waals surface area (Å²) < 4.78 is 20.2. The van der Waals surface area contributed by atoms with Crippen LogP contribution in [0.25, 0.3) is 0 Å². The van der Waals surface area contributed by atoms with E-state index < -0.39 is 5.67 Å². The van der Waals surface area contributed by atoms with E-state index in [9.17, 15) is 4.79 Å². The van der Waals surface area contributed by atoms with E-state index in [4.69, 9.17) is 16.3 Å². The van der Waals surface area contributed by atoms with Crippen LogP contribution in [0.2, 0.25) is 5.02 Å². The van der Waals surface area contributed by atoms with Crippen molar-refractivity contribution in [2.24, 2.45) is 0 Å². The molecule has 126 valence electrons. The lowest BCUT2D eigenvalue weighted by Crippen LogP contribution is -2.43. The van der Waals surface area contributed by atoms with Crippen LogP contribution >= 0.6 is 11.6 Å². The lowest BCUT2D eigenvalue weighted by Gasteiger charge is -2.36. The van der Waals surface area contributed by atoms with Crippen molar-refractivity contribution in [1.82, 2.24) is 14.9 Å². The lowest BCUT2D eigenvalue weighted by atomic mass is 9.86. The molecular weight excluding hydrogens is 333 g/mol. The topological polar surface area (TPSA) is 55.3 Å². The van der Waals surface area contributed by atoms with E-state index in [0.29, 0.717) is 29.6 Å². The van der Waals surface area contributed by atoms with E-state index in [2.05, 4.69) is 9.97 Å². The number of hydrogen-bond acceptors (Lipinski definition) is 4. The van der Waals surface area contributed by atoms with Gasteiger partial charge in [-0.1, -0.05) is 23.7 Å². The van der Waals surface area contributed by atoms with Crippen molar-refractivity contribution in [3.63, 3.8) is 0 Å². The second-order valence-electron chi connectivity index (χ2n) is 5.71. The largest absolute Gasteiger partial charge is 0.481 e. The molecule has 0 saturated carbocycles. The molecule has 3 rings (SSSR count). The smallest absolute Gasteiger partial charge is 0.272 e. The maximum Gasteiger partial charge on any atom is 0.272 e. The Morgan fingerprint density at radius 2 is 2.04 bits per heavy atom. The van der Waals surface area contributed by atoms with Gasteiger partial charge >= 0.3 is 0 Å². The zero-order valence-corrected chi connectivity index (χ0v) is 14.0. The summed E-state index contributed by atoms with van der Waals surface area (Å²) in [7, 11) is 1.47. The number of alkyl halides is 1. The molecule has 1 saturated heterocycles. The Hall–Kier alpha value is -2.21. The molecule has 2 aromatic rings. The van der Waals surface area contributed by atoms with Crippen molar-refractivity contribution in [1.29, 1.82) is 0 Å². The Morgan fingerprint density at radius 1 is 1.29 bits per heavy atom. The van der Waals surface area contributed by atoms with Gasteiger partial charge < -0.3 is 9.64 Å². The molecule has 0 radical (unpaired) electrons. The van der Waals surface area contributed by atoms with Crippen LogP contribution < -0.4 is 4.74 Å². The monoisotopic (exact) mass is 349 g/mol. The molecule has 1 amide bonds. The fraction of sp³-hybridized carbons (Fsp3) is 0.353. The molecule has 1 aliphatic heterocycles. The minimum absolute atomic E-state index is 0.224. The van der Waals surface area contributed by atoms with Crippen LogP contribution in [0.15, 0.2) is 36.7 Å². The fourth-order valence-corrected chi connectivity index (χ4v) is 3.04. The van der Waals surface area contributed by atoms with Gasteiger partial charge in [0.05, 0.1) is 7.11 Å². The van der Waals surface area contributed by atoms with Crippen LogP contribution in [0.5, 0.6) is 5.88 Å². The van der Waals surface area contributed by atoms with Crippen LogP contribution in [0.1, 0.15) is 28.9 Å². The average molecular weight is 350 g/mol. The van der Waals surface area contributed by atoms with Crippen LogP contribution in [-0.4, -0.2) is 41.0 Å². The Balaban J connectivity index is 1.71. The molecule has 0 atom stereocenters. The molecular formula is C17H17ClFN3O2. The highest BCUT2D eigenvalue weighted by Crippen LogP contribution is 2.38. The molecule has 1 fully saturated rings. The number of methoxy groups -OCH3 is 1. The van der Waals surface area contributed by atoms with E-state index in [-0.39, 0.29) is 24.4 Å². The summed E-state index contributed by atoms with van der Waals surface area (Å²) in [6.45, 7) is 0.627. The summed E-state index contributed by atoms with van der Waals surface area (Å²) in [4.78, 5) is 22.0. The molecule has 1 aromatic carbocycles. The Kier molecular flexibility index (Phi) is 4.66. The highest BCUT2D eigenvalue weighted by Gasteiger charge is 2.38. The molecule has 0 bridgehead atoms. The van der Waals surface area contributed by atoms with Gasteiger partial charge in [0.15, 0.2) is 0 Å². The highest BCUT2D eigenvalue weighted by molar-refractivity contribution is 6.30. The standard InChI is InChI=1S/C17H17ClFN3O2/c1-24-15-10-14(20-11-21-15)16(23)22-7-5-17(19,6-8-22)12-3-2-4-13(18)9-12/h2-4,9-11H,5-8H2,1H3. The molecule has 0 spiro atoms. The Labute approximate surface area is 144 Å². The third-order valence-electron chi connectivity index (χ3n) is 4.26. The minimum Gasteiger partial charge on any atom is -0.481 e. The first-order valence-corrected chi connectivity index (χ1v) is 8.00. The predicted molar refractivity (Wildman–Crippen MR) is 88.0 cm³/mol. The first-order chi connectivity index (χ1) is 11.5. The summed E-state index contributed by atoms with van der Waals surface area (Å²) in [5.41, 5.74) is -0.660. The number of carbonyl (C=O) groups excluding carboxylic acids is 1. The number of aromatic nitrogens is 2. The second-order valence-corrected chi connectivity index (χ2v) is 6.15. The molecule has 24 heavy (non-hydrogen) atoms. The van der Waals surface area contributed by atoms with Crippen molar-refractivity contribution in [2.75, 3.05) is 20.2 Å². The second kappa shape index (κ2) is 6.73. The quantitative estimate of drug-likeness (QED) is 0.853. The molecule has 2 heterocycles. The van der Waals surface area contributed by atoms with Crippen LogP contribution in [0, 0.1) is 0 Å². The number of carbonyl (C=O) groups is 1. The molecule has 0 aliphatic carbocycles. The number of nitrogens with zero attached hydrogens (tertiary/aromatic N) is 3. The first-order valence-electron chi connectivity index (χ1n) is 7.62. The van der Waals surface area contributed by atoms with Crippen molar-refractivity contribution in [2.45, 2.75) is 18.5 Å². The maximum atomic E-state index is 15.2. The van der Waals surface area contributed by atoms with Crippen molar-refractivity contribution in [3.05, 3.63) is 52.9 Å². The average Bonchev–Trinajstić information content (AvgIpc) is 2.62. The number of amides is 1. The summed E-state index contributed by atoms with van der Waals surface area (Å²) >= 11 is 5.96. The molecule has 0 unspecified atom stereocenters. The SMILES string of the molecule is COc1cc(C(=O)N2CCC(F)(c3cccc(Cl)c3)CC2)ncn1. The van der Waals surface area contributed by atoms with E-state index in [1.54, 1.807) is 29.2 Å². The van der Waals surface area contributed by atoms with Crippen molar-refractivity contribution >= 4 is 17.5 Å². The third-order valence-corrected chi connectivity index (χ3v) is 4.49. The summed E-state index contributed by atoms with van der Waals surface area (Å²) in [6.07, 6.45) is 1.73. The third kappa shape index (κ3) is 3.33. The number of rotatable bonds is 3. The number of halogens is 2. The highest BCUT2D eigenvalue weighted by atomic mass is 35.5. The van der Waals surface area contributed by atoms with Gasteiger partial charge in [-0.25, -0.2) is 14.4 Å². The molecule has 0 N–H and O–H groups in total. The number of ether oxygens (including phenoxy) is 1. The number of benzene rings is 1. The predicted octanol–water partition coefficient (Wildman–Crippen LogP) is 3.24. The van der Waals surface area contributed by atoms with Crippen molar-refractivity contribution < 1.29 is 13.9 Å². The number of likely N-dealkylation sites (tertiary alicyclic amines) is 1. The zero-order chi connectivity index (χ0) is 17.2. The molecule has 1 aliphatic rings. The van der Waals surface area contributed by atoms with Crippen LogP contribution in [0.3, 0.4) is 0 Å². The van der Waals surface area contributed by atoms with E-state index in [1.807, 2.05) is 0 Å². The van der Waals surface area contributed by atoms with Gasteiger partial charge in [0, 0.05) is 37.0 Å². The van der Waals surface area contributed by atoms with Gasteiger partial charge in [-0.3, -0.25) is 4.79 Å². The van der Waals surface area contributed by atoms with E-state index in [0.717, 1.165) is 0 Å².